The molecule has 0 amide bonds. The van der Waals surface area contributed by atoms with Crippen molar-refractivity contribution in [2.45, 2.75) is 11.8 Å². The van der Waals surface area contributed by atoms with Gasteiger partial charge in [0.1, 0.15) is 11.0 Å². The molecule has 1 heterocycles. The van der Waals surface area contributed by atoms with Gasteiger partial charge in [0.05, 0.1) is 16.3 Å². The Labute approximate surface area is 120 Å². The van der Waals surface area contributed by atoms with Crippen LogP contribution in [0.2, 0.25) is 5.15 Å². The third-order valence-corrected chi connectivity index (χ3v) is 4.11. The zero-order chi connectivity index (χ0) is 14.9. The Hall–Kier alpha value is -1.86. The van der Waals surface area contributed by atoms with Crippen LogP contribution >= 0.6 is 11.6 Å². The van der Waals surface area contributed by atoms with Crippen molar-refractivity contribution in [1.29, 1.82) is 0 Å². The van der Waals surface area contributed by atoms with Gasteiger partial charge in [0.15, 0.2) is 0 Å². The van der Waals surface area contributed by atoms with Crippen LogP contribution in [0.5, 0.6) is 0 Å². The summed E-state index contributed by atoms with van der Waals surface area (Å²) in [6, 6.07) is 5.08. The number of hydrogen-bond acceptors (Lipinski definition) is 4. The molecule has 0 saturated carbocycles. The molecule has 1 aromatic heterocycles. The summed E-state index contributed by atoms with van der Waals surface area (Å²) in [6.07, 6.45) is 1.37. The molecule has 0 atom stereocenters. The number of nitrogen functional groups attached to an aromatic ring is 1. The van der Waals surface area contributed by atoms with Crippen molar-refractivity contribution in [2.75, 3.05) is 10.5 Å². The highest BCUT2D eigenvalue weighted by atomic mass is 35.5. The number of pyridine rings is 1. The highest BCUT2D eigenvalue weighted by Gasteiger charge is 2.17. The number of nitrogens with one attached hydrogen (secondary N) is 1. The minimum absolute atomic E-state index is 0.123. The van der Waals surface area contributed by atoms with E-state index >= 15 is 0 Å². The third-order valence-electron chi connectivity index (χ3n) is 2.55. The summed E-state index contributed by atoms with van der Waals surface area (Å²) in [5, 5.41) is 0.153. The van der Waals surface area contributed by atoms with Crippen molar-refractivity contribution in [2.24, 2.45) is 0 Å². The van der Waals surface area contributed by atoms with Crippen LogP contribution in [0.15, 0.2) is 35.4 Å². The molecule has 0 fully saturated rings. The van der Waals surface area contributed by atoms with Gasteiger partial charge in [-0.25, -0.2) is 17.8 Å². The minimum Gasteiger partial charge on any atom is -0.396 e. The summed E-state index contributed by atoms with van der Waals surface area (Å²) in [7, 11) is -3.87. The maximum Gasteiger partial charge on any atom is 0.261 e. The van der Waals surface area contributed by atoms with E-state index < -0.39 is 15.8 Å². The number of rotatable bonds is 3. The number of benzene rings is 1. The van der Waals surface area contributed by atoms with Crippen LogP contribution in [-0.4, -0.2) is 13.4 Å². The van der Waals surface area contributed by atoms with Gasteiger partial charge in [-0.15, -0.1) is 0 Å². The van der Waals surface area contributed by atoms with Crippen LogP contribution in [0.3, 0.4) is 0 Å². The lowest BCUT2D eigenvalue weighted by Gasteiger charge is -2.10. The van der Waals surface area contributed by atoms with E-state index in [9.17, 15) is 12.8 Å². The Kier molecular flexibility index (Phi) is 3.82. The number of sulfonamides is 1. The van der Waals surface area contributed by atoms with Crippen LogP contribution < -0.4 is 10.5 Å². The Morgan fingerprint density at radius 2 is 2.05 bits per heavy atom. The minimum atomic E-state index is -3.87. The van der Waals surface area contributed by atoms with E-state index in [1.54, 1.807) is 0 Å². The number of hydrogen-bond donors (Lipinski definition) is 2. The molecule has 1 aromatic carbocycles. The summed E-state index contributed by atoms with van der Waals surface area (Å²) in [4.78, 5) is 3.62. The number of aromatic nitrogens is 1. The van der Waals surface area contributed by atoms with Crippen LogP contribution in [0.4, 0.5) is 15.8 Å². The van der Waals surface area contributed by atoms with Crippen molar-refractivity contribution >= 4 is 33.0 Å². The van der Waals surface area contributed by atoms with Crippen molar-refractivity contribution < 1.29 is 12.8 Å². The zero-order valence-electron chi connectivity index (χ0n) is 10.4. The number of halogens is 2. The molecule has 0 spiro atoms. The zero-order valence-corrected chi connectivity index (χ0v) is 12.0. The average Bonchev–Trinajstić information content (AvgIpc) is 2.34. The number of anilines is 2. The fraction of sp³-hybridized carbons (Fsp3) is 0.0833. The lowest BCUT2D eigenvalue weighted by molar-refractivity contribution is 0.599. The first-order valence-corrected chi connectivity index (χ1v) is 7.36. The fourth-order valence-electron chi connectivity index (χ4n) is 1.60. The molecule has 0 unspecified atom stereocenters. The van der Waals surface area contributed by atoms with Crippen molar-refractivity contribution in [3.8, 4) is 0 Å². The van der Waals surface area contributed by atoms with Crippen LogP contribution in [-0.2, 0) is 10.0 Å². The molecule has 3 N–H and O–H groups in total. The highest BCUT2D eigenvalue weighted by molar-refractivity contribution is 7.92. The molecular formula is C12H11ClFN3O2S. The van der Waals surface area contributed by atoms with Crippen molar-refractivity contribution in [1.82, 2.24) is 4.98 Å². The normalized spacial score (nSPS) is 11.3. The summed E-state index contributed by atoms with van der Waals surface area (Å²) >= 11 is 5.68. The van der Waals surface area contributed by atoms with E-state index in [0.29, 0.717) is 0 Å². The Bertz CT molecular complexity index is 742. The van der Waals surface area contributed by atoms with E-state index in [2.05, 4.69) is 9.71 Å². The Morgan fingerprint density at radius 3 is 2.65 bits per heavy atom. The van der Waals surface area contributed by atoms with Gasteiger partial charge in [-0.2, -0.15) is 0 Å². The smallest absolute Gasteiger partial charge is 0.261 e. The second-order valence-electron chi connectivity index (χ2n) is 4.12. The Balaban J connectivity index is 2.41. The second kappa shape index (κ2) is 5.26. The van der Waals surface area contributed by atoms with Gasteiger partial charge in [0.2, 0.25) is 0 Å². The van der Waals surface area contributed by atoms with Gasteiger partial charge in [0, 0.05) is 6.20 Å². The van der Waals surface area contributed by atoms with Crippen molar-refractivity contribution in [3.63, 3.8) is 0 Å². The molecule has 0 aliphatic carbocycles. The largest absolute Gasteiger partial charge is 0.396 e. The first-order valence-electron chi connectivity index (χ1n) is 5.49. The van der Waals surface area contributed by atoms with E-state index in [0.717, 1.165) is 6.07 Å². The molecule has 0 aliphatic rings. The summed E-state index contributed by atoms with van der Waals surface area (Å²) in [5.41, 5.74) is 5.62. The van der Waals surface area contributed by atoms with Gasteiger partial charge in [-0.3, -0.25) is 4.72 Å². The second-order valence-corrected chi connectivity index (χ2v) is 6.19. The summed E-state index contributed by atoms with van der Waals surface area (Å²) < 4.78 is 40.1. The molecule has 2 rings (SSSR count). The standard InChI is InChI=1S/C12H11ClFN3O2S/c1-7-4-9(6-10(15)12(7)14)20(18,19)17-8-2-3-16-11(13)5-8/h2-6H,15H2,1H3,(H,16,17). The topological polar surface area (TPSA) is 85.1 Å². The van der Waals surface area contributed by atoms with Gasteiger partial charge >= 0.3 is 0 Å². The van der Waals surface area contributed by atoms with E-state index in [-0.39, 0.29) is 27.0 Å². The highest BCUT2D eigenvalue weighted by Crippen LogP contribution is 2.23. The fourth-order valence-corrected chi connectivity index (χ4v) is 2.94. The molecular weight excluding hydrogens is 305 g/mol. The molecule has 0 saturated heterocycles. The number of aryl methyl sites for hydroxylation is 1. The first kappa shape index (κ1) is 14.5. The molecule has 2 aromatic rings. The number of nitrogens with zero attached hydrogens (tertiary/aromatic N) is 1. The predicted molar refractivity (Wildman–Crippen MR) is 75.6 cm³/mol. The van der Waals surface area contributed by atoms with Gasteiger partial charge < -0.3 is 5.73 Å². The van der Waals surface area contributed by atoms with E-state index in [1.165, 1.54) is 31.3 Å². The molecule has 20 heavy (non-hydrogen) atoms. The summed E-state index contributed by atoms with van der Waals surface area (Å²) in [6.45, 7) is 1.44. The van der Waals surface area contributed by atoms with Crippen LogP contribution in [0, 0.1) is 12.7 Å². The lowest BCUT2D eigenvalue weighted by atomic mass is 10.2. The quantitative estimate of drug-likeness (QED) is 0.673. The van der Waals surface area contributed by atoms with Gasteiger partial charge in [-0.05, 0) is 36.8 Å². The van der Waals surface area contributed by atoms with Gasteiger partial charge in [0.25, 0.3) is 10.0 Å². The SMILES string of the molecule is Cc1cc(S(=O)(=O)Nc2ccnc(Cl)c2)cc(N)c1F. The summed E-state index contributed by atoms with van der Waals surface area (Å²) in [5.74, 6) is -0.629. The maximum atomic E-state index is 13.4. The molecule has 0 radical (unpaired) electrons. The monoisotopic (exact) mass is 315 g/mol. The van der Waals surface area contributed by atoms with Crippen LogP contribution in [0.1, 0.15) is 5.56 Å². The molecule has 0 bridgehead atoms. The molecule has 106 valence electrons. The predicted octanol–water partition coefficient (Wildman–Crippen LogP) is 2.57. The van der Waals surface area contributed by atoms with Crippen LogP contribution in [0.25, 0.3) is 0 Å². The molecule has 0 aliphatic heterocycles. The molecule has 5 nitrogen and oxygen atoms in total. The molecule has 8 heteroatoms. The van der Waals surface area contributed by atoms with Gasteiger partial charge in [-0.1, -0.05) is 11.6 Å². The Morgan fingerprint density at radius 1 is 1.35 bits per heavy atom. The average molecular weight is 316 g/mol. The lowest BCUT2D eigenvalue weighted by Crippen LogP contribution is -2.14. The maximum absolute atomic E-state index is 13.4. The van der Waals surface area contributed by atoms with E-state index in [1.807, 2.05) is 0 Å². The first-order chi connectivity index (χ1) is 9.29. The van der Waals surface area contributed by atoms with E-state index in [4.69, 9.17) is 17.3 Å². The number of nitrogens with two attached hydrogens (primary N) is 1. The van der Waals surface area contributed by atoms with Crippen molar-refractivity contribution in [3.05, 3.63) is 47.0 Å². The third kappa shape index (κ3) is 3.00.